The normalized spacial score (nSPS) is 18.3. The van der Waals surface area contributed by atoms with Gasteiger partial charge in [-0.15, -0.1) is 4.98 Å². The second-order valence-electron chi connectivity index (χ2n) is 4.01. The van der Waals surface area contributed by atoms with Crippen LogP contribution in [0.25, 0.3) is 0 Å². The fourth-order valence-electron chi connectivity index (χ4n) is 1.88. The van der Waals surface area contributed by atoms with Gasteiger partial charge >= 0.3 is 5.16 Å². The Morgan fingerprint density at radius 1 is 1.29 bits per heavy atom. The summed E-state index contributed by atoms with van der Waals surface area (Å²) in [5.74, 6) is 0.557. The van der Waals surface area contributed by atoms with Gasteiger partial charge in [0.1, 0.15) is 6.26 Å². The van der Waals surface area contributed by atoms with Crippen LogP contribution in [0.15, 0.2) is 10.3 Å². The lowest BCUT2D eigenvalue weighted by atomic mass is 10.3. The van der Waals surface area contributed by atoms with Gasteiger partial charge in [-0.05, 0) is 19.1 Å². The second kappa shape index (κ2) is 5.88. The van der Waals surface area contributed by atoms with Crippen LogP contribution in [-0.2, 0) is 11.2 Å². The highest BCUT2D eigenvalue weighted by Crippen LogP contribution is 2.22. The zero-order valence-electron chi connectivity index (χ0n) is 9.97. The van der Waals surface area contributed by atoms with Crippen LogP contribution < -0.4 is 5.32 Å². The Kier molecular flexibility index (Phi) is 4.47. The van der Waals surface area contributed by atoms with E-state index in [0.717, 1.165) is 12.8 Å². The molecule has 0 bridgehead atoms. The fourth-order valence-corrected chi connectivity index (χ4v) is 2.72. The summed E-state index contributed by atoms with van der Waals surface area (Å²) < 4.78 is 11.4. The molecule has 1 atom stereocenters. The molecule has 94 valence electrons. The first-order valence-electron chi connectivity index (χ1n) is 5.59. The minimum absolute atomic E-state index is 0.352. The van der Waals surface area contributed by atoms with E-state index in [0.29, 0.717) is 22.3 Å². The number of hydrogen-bond acceptors (Lipinski definition) is 6. The average molecular weight is 272 g/mol. The molecule has 1 aliphatic rings. The summed E-state index contributed by atoms with van der Waals surface area (Å²) >= 11 is 0.266. The molecule has 1 aromatic heterocycles. The SMILES string of the molecule is CSc1nc(NC2CCCC2)nc([S+](C)[O-])n1. The van der Waals surface area contributed by atoms with E-state index in [1.165, 1.54) is 24.6 Å². The van der Waals surface area contributed by atoms with E-state index in [-0.39, 0.29) is 0 Å². The van der Waals surface area contributed by atoms with Gasteiger partial charge in [-0.1, -0.05) is 24.6 Å². The Hall–Kier alpha value is -0.530. The fraction of sp³-hybridized carbons (Fsp3) is 0.700. The molecular formula is C10H16N4OS2. The van der Waals surface area contributed by atoms with Crippen LogP contribution >= 0.6 is 11.8 Å². The molecule has 1 aliphatic carbocycles. The molecular weight excluding hydrogens is 256 g/mol. The number of nitrogens with zero attached hydrogens (tertiary/aromatic N) is 3. The maximum Gasteiger partial charge on any atom is 0.348 e. The number of nitrogens with one attached hydrogen (secondary N) is 1. The molecule has 0 aliphatic heterocycles. The molecule has 7 heteroatoms. The quantitative estimate of drug-likeness (QED) is 0.664. The Morgan fingerprint density at radius 2 is 2.00 bits per heavy atom. The standard InChI is InChI=1S/C10H16N4OS2/c1-16-9-12-8(11-7-5-3-4-6-7)13-10(14-9)17(2)15/h7H,3-6H2,1-2H3,(H,11,12,13,14). The highest BCUT2D eigenvalue weighted by molar-refractivity contribution is 7.98. The third-order valence-corrected chi connectivity index (χ3v) is 3.97. The number of thioether (sulfide) groups is 1. The van der Waals surface area contributed by atoms with Crippen molar-refractivity contribution < 1.29 is 4.55 Å². The first-order valence-corrected chi connectivity index (χ1v) is 8.37. The van der Waals surface area contributed by atoms with Crippen molar-refractivity contribution in [1.82, 2.24) is 15.0 Å². The first kappa shape index (κ1) is 12.9. The van der Waals surface area contributed by atoms with Crippen LogP contribution in [0.3, 0.4) is 0 Å². The zero-order valence-corrected chi connectivity index (χ0v) is 11.6. The van der Waals surface area contributed by atoms with Crippen molar-refractivity contribution in [1.29, 1.82) is 0 Å². The molecule has 0 radical (unpaired) electrons. The van der Waals surface area contributed by atoms with Crippen LogP contribution in [0, 0.1) is 0 Å². The van der Waals surface area contributed by atoms with Crippen LogP contribution in [0.2, 0.25) is 0 Å². The van der Waals surface area contributed by atoms with Crippen molar-refractivity contribution in [3.8, 4) is 0 Å². The molecule has 0 amide bonds. The monoisotopic (exact) mass is 272 g/mol. The second-order valence-corrected chi connectivity index (χ2v) is 6.05. The van der Waals surface area contributed by atoms with Gasteiger partial charge in [0.25, 0.3) is 0 Å². The highest BCUT2D eigenvalue weighted by atomic mass is 32.2. The first-order chi connectivity index (χ1) is 8.19. The number of anilines is 1. The van der Waals surface area contributed by atoms with Crippen LogP contribution in [0.1, 0.15) is 25.7 Å². The Morgan fingerprint density at radius 3 is 2.59 bits per heavy atom. The molecule has 1 N–H and O–H groups in total. The van der Waals surface area contributed by atoms with E-state index in [1.807, 2.05) is 6.26 Å². The van der Waals surface area contributed by atoms with Gasteiger partial charge in [0.15, 0.2) is 5.16 Å². The van der Waals surface area contributed by atoms with E-state index < -0.39 is 11.2 Å². The van der Waals surface area contributed by atoms with Crippen molar-refractivity contribution in [2.75, 3.05) is 17.8 Å². The lowest BCUT2D eigenvalue weighted by molar-refractivity contribution is 0.586. The molecule has 0 saturated heterocycles. The third-order valence-electron chi connectivity index (χ3n) is 2.72. The summed E-state index contributed by atoms with van der Waals surface area (Å²) in [7, 11) is 0. The number of aromatic nitrogens is 3. The summed E-state index contributed by atoms with van der Waals surface area (Å²) in [4.78, 5) is 12.6. The Labute approximate surface area is 108 Å². The third kappa shape index (κ3) is 3.46. The van der Waals surface area contributed by atoms with Crippen molar-refractivity contribution >= 4 is 28.9 Å². The molecule has 5 nitrogen and oxygen atoms in total. The van der Waals surface area contributed by atoms with E-state index >= 15 is 0 Å². The van der Waals surface area contributed by atoms with E-state index in [2.05, 4.69) is 20.3 Å². The van der Waals surface area contributed by atoms with Crippen molar-refractivity contribution in [3.63, 3.8) is 0 Å². The predicted octanol–water partition coefficient (Wildman–Crippen LogP) is 1.69. The lowest BCUT2D eigenvalue weighted by Crippen LogP contribution is -2.18. The maximum atomic E-state index is 11.4. The minimum Gasteiger partial charge on any atom is -0.609 e. The molecule has 1 fully saturated rings. The lowest BCUT2D eigenvalue weighted by Gasteiger charge is -2.12. The van der Waals surface area contributed by atoms with Gasteiger partial charge in [0.2, 0.25) is 5.95 Å². The van der Waals surface area contributed by atoms with Gasteiger partial charge in [0, 0.05) is 17.2 Å². The van der Waals surface area contributed by atoms with Crippen molar-refractivity contribution in [2.45, 2.75) is 42.0 Å². The molecule has 17 heavy (non-hydrogen) atoms. The minimum atomic E-state index is -1.17. The molecule has 2 rings (SSSR count). The summed E-state index contributed by atoms with van der Waals surface area (Å²) in [6, 6.07) is 0.449. The van der Waals surface area contributed by atoms with E-state index in [9.17, 15) is 4.55 Å². The van der Waals surface area contributed by atoms with Gasteiger partial charge in [-0.2, -0.15) is 9.97 Å². The molecule has 1 unspecified atom stereocenters. The maximum absolute atomic E-state index is 11.4. The molecule has 1 aromatic rings. The number of rotatable bonds is 4. The molecule has 1 saturated carbocycles. The van der Waals surface area contributed by atoms with Gasteiger partial charge in [0.05, 0.1) is 0 Å². The number of hydrogen-bond donors (Lipinski definition) is 1. The van der Waals surface area contributed by atoms with E-state index in [4.69, 9.17) is 0 Å². The van der Waals surface area contributed by atoms with Crippen LogP contribution in [0.4, 0.5) is 5.95 Å². The Bertz CT molecular complexity index is 383. The van der Waals surface area contributed by atoms with E-state index in [1.54, 1.807) is 6.26 Å². The van der Waals surface area contributed by atoms with Gasteiger partial charge < -0.3 is 9.87 Å². The summed E-state index contributed by atoms with van der Waals surface area (Å²) in [6.07, 6.45) is 8.31. The zero-order chi connectivity index (χ0) is 12.3. The molecule has 0 spiro atoms. The smallest absolute Gasteiger partial charge is 0.348 e. The van der Waals surface area contributed by atoms with Crippen LogP contribution in [0.5, 0.6) is 0 Å². The van der Waals surface area contributed by atoms with Crippen molar-refractivity contribution in [2.24, 2.45) is 0 Å². The Balaban J connectivity index is 2.16. The van der Waals surface area contributed by atoms with Crippen molar-refractivity contribution in [3.05, 3.63) is 0 Å². The molecule has 1 heterocycles. The van der Waals surface area contributed by atoms with Gasteiger partial charge in [-0.3, -0.25) is 0 Å². The van der Waals surface area contributed by atoms with Crippen LogP contribution in [-0.4, -0.2) is 38.1 Å². The molecule has 0 aromatic carbocycles. The highest BCUT2D eigenvalue weighted by Gasteiger charge is 2.18. The largest absolute Gasteiger partial charge is 0.609 e. The predicted molar refractivity (Wildman–Crippen MR) is 69.8 cm³/mol. The topological polar surface area (TPSA) is 73.8 Å². The summed E-state index contributed by atoms with van der Waals surface area (Å²) in [5.41, 5.74) is 0. The summed E-state index contributed by atoms with van der Waals surface area (Å²) in [5, 5.41) is 4.27. The van der Waals surface area contributed by atoms with Gasteiger partial charge in [-0.25, -0.2) is 0 Å². The summed E-state index contributed by atoms with van der Waals surface area (Å²) in [6.45, 7) is 0. The average Bonchev–Trinajstić information content (AvgIpc) is 2.81.